The molecule has 0 aromatic carbocycles. The molecule has 0 N–H and O–H groups in total. The number of alkyl halides is 3. The molecule has 4 nitrogen and oxygen atoms in total. The molecule has 7 heteroatoms. The molecule has 2 aliphatic rings. The van der Waals surface area contributed by atoms with Crippen LogP contribution < -0.4 is 4.74 Å². The molecule has 1 aromatic heterocycles. The molecule has 3 rings (SSSR count). The Labute approximate surface area is 126 Å². The van der Waals surface area contributed by atoms with E-state index in [0.717, 1.165) is 37.6 Å². The van der Waals surface area contributed by atoms with Crippen molar-refractivity contribution in [3.8, 4) is 5.88 Å². The average Bonchev–Trinajstić information content (AvgIpc) is 2.84. The molecular formula is C15H17F3N2O2. The standard InChI is InChI=1S/C15H17F3N2O2/c16-15(17,18)11-4-6-19-13(8-11)22-12-5-7-20(9-12)14(21)10-2-1-3-10/h4,6,8,10,12H,1-3,5,7,9H2. The molecule has 1 saturated carbocycles. The topological polar surface area (TPSA) is 42.4 Å². The number of carbonyl (C=O) groups is 1. The second-order valence-electron chi connectivity index (χ2n) is 5.82. The van der Waals surface area contributed by atoms with E-state index in [1.165, 1.54) is 0 Å². The van der Waals surface area contributed by atoms with Crippen LogP contribution in [0.5, 0.6) is 5.88 Å². The highest BCUT2D eigenvalue weighted by Crippen LogP contribution is 2.32. The van der Waals surface area contributed by atoms with Crippen molar-refractivity contribution in [3.63, 3.8) is 0 Å². The lowest BCUT2D eigenvalue weighted by Gasteiger charge is -2.29. The van der Waals surface area contributed by atoms with Gasteiger partial charge in [0.2, 0.25) is 11.8 Å². The van der Waals surface area contributed by atoms with Gasteiger partial charge in [-0.1, -0.05) is 6.42 Å². The highest BCUT2D eigenvalue weighted by Gasteiger charge is 2.35. The molecule has 1 saturated heterocycles. The quantitative estimate of drug-likeness (QED) is 0.861. The number of aromatic nitrogens is 1. The summed E-state index contributed by atoms with van der Waals surface area (Å²) in [6, 6.07) is 1.81. The molecule has 1 unspecified atom stereocenters. The van der Waals surface area contributed by atoms with Gasteiger partial charge in [0, 0.05) is 31.1 Å². The summed E-state index contributed by atoms with van der Waals surface area (Å²) < 4.78 is 43.5. The van der Waals surface area contributed by atoms with Gasteiger partial charge in [-0.2, -0.15) is 13.2 Å². The fourth-order valence-corrected chi connectivity index (χ4v) is 2.76. The predicted octanol–water partition coefficient (Wildman–Crippen LogP) is 2.88. The lowest BCUT2D eigenvalue weighted by molar-refractivity contribution is -0.138. The van der Waals surface area contributed by atoms with Crippen LogP contribution >= 0.6 is 0 Å². The minimum absolute atomic E-state index is 0.0437. The summed E-state index contributed by atoms with van der Waals surface area (Å²) in [5.41, 5.74) is -0.780. The molecule has 1 aromatic rings. The first-order valence-electron chi connectivity index (χ1n) is 7.42. The molecule has 120 valence electrons. The number of amides is 1. The summed E-state index contributed by atoms with van der Waals surface area (Å²) in [5.74, 6) is 0.234. The fourth-order valence-electron chi connectivity index (χ4n) is 2.76. The SMILES string of the molecule is O=C(C1CCC1)N1CCC(Oc2cc(C(F)(F)F)ccn2)C1. The van der Waals surface area contributed by atoms with Crippen molar-refractivity contribution in [2.24, 2.45) is 5.92 Å². The van der Waals surface area contributed by atoms with Gasteiger partial charge in [-0.25, -0.2) is 4.98 Å². The van der Waals surface area contributed by atoms with Gasteiger partial charge in [-0.15, -0.1) is 0 Å². The van der Waals surface area contributed by atoms with E-state index in [4.69, 9.17) is 4.74 Å². The molecule has 1 aliphatic carbocycles. The number of likely N-dealkylation sites (tertiary alicyclic amines) is 1. The maximum atomic E-state index is 12.6. The van der Waals surface area contributed by atoms with E-state index < -0.39 is 11.7 Å². The molecule has 22 heavy (non-hydrogen) atoms. The molecule has 2 heterocycles. The number of nitrogens with zero attached hydrogens (tertiary/aromatic N) is 2. The molecule has 1 aliphatic heterocycles. The third kappa shape index (κ3) is 3.18. The van der Waals surface area contributed by atoms with Gasteiger partial charge >= 0.3 is 6.18 Å². The second kappa shape index (κ2) is 5.78. The summed E-state index contributed by atoms with van der Waals surface area (Å²) in [7, 11) is 0. The minimum atomic E-state index is -4.41. The third-order valence-corrected chi connectivity index (χ3v) is 4.26. The first-order chi connectivity index (χ1) is 10.4. The van der Waals surface area contributed by atoms with Crippen LogP contribution in [0.15, 0.2) is 18.3 Å². The highest BCUT2D eigenvalue weighted by atomic mass is 19.4. The number of hydrogen-bond acceptors (Lipinski definition) is 3. The zero-order valence-corrected chi connectivity index (χ0v) is 12.0. The normalized spacial score (nSPS) is 22.5. The summed E-state index contributed by atoms with van der Waals surface area (Å²) >= 11 is 0. The largest absolute Gasteiger partial charge is 0.472 e. The number of pyridine rings is 1. The zero-order valence-electron chi connectivity index (χ0n) is 12.0. The molecule has 2 fully saturated rings. The van der Waals surface area contributed by atoms with Crippen molar-refractivity contribution in [3.05, 3.63) is 23.9 Å². The summed E-state index contributed by atoms with van der Waals surface area (Å²) in [5, 5.41) is 0. The van der Waals surface area contributed by atoms with E-state index in [1.54, 1.807) is 4.90 Å². The first-order valence-corrected chi connectivity index (χ1v) is 7.42. The number of halogens is 3. The molecule has 0 bridgehead atoms. The smallest absolute Gasteiger partial charge is 0.416 e. The molecule has 0 spiro atoms. The monoisotopic (exact) mass is 314 g/mol. The summed E-state index contributed by atoms with van der Waals surface area (Å²) in [6.45, 7) is 1.02. The Hall–Kier alpha value is -1.79. The van der Waals surface area contributed by atoms with Gasteiger partial charge in [-0.05, 0) is 18.9 Å². The van der Waals surface area contributed by atoms with Crippen LogP contribution in [-0.2, 0) is 11.0 Å². The fraction of sp³-hybridized carbons (Fsp3) is 0.600. The van der Waals surface area contributed by atoms with Crippen molar-refractivity contribution in [2.75, 3.05) is 13.1 Å². The van der Waals surface area contributed by atoms with Gasteiger partial charge in [-0.3, -0.25) is 4.79 Å². The van der Waals surface area contributed by atoms with Gasteiger partial charge in [0.1, 0.15) is 6.10 Å². The molecule has 1 atom stereocenters. The van der Waals surface area contributed by atoms with Gasteiger partial charge in [0.05, 0.1) is 12.1 Å². The molecular weight excluding hydrogens is 297 g/mol. The van der Waals surface area contributed by atoms with Gasteiger partial charge < -0.3 is 9.64 Å². The van der Waals surface area contributed by atoms with Crippen LogP contribution in [0.25, 0.3) is 0 Å². The zero-order chi connectivity index (χ0) is 15.7. The Kier molecular flexibility index (Phi) is 3.97. The third-order valence-electron chi connectivity index (χ3n) is 4.26. The van der Waals surface area contributed by atoms with Crippen LogP contribution in [-0.4, -0.2) is 35.0 Å². The van der Waals surface area contributed by atoms with Crippen molar-refractivity contribution < 1.29 is 22.7 Å². The van der Waals surface area contributed by atoms with Crippen LogP contribution in [0.1, 0.15) is 31.2 Å². The first kappa shape index (κ1) is 15.1. The van der Waals surface area contributed by atoms with E-state index in [1.807, 2.05) is 0 Å². The molecule has 1 amide bonds. The minimum Gasteiger partial charge on any atom is -0.472 e. The summed E-state index contributed by atoms with van der Waals surface area (Å²) in [4.78, 5) is 17.7. The Bertz CT molecular complexity index is 558. The van der Waals surface area contributed by atoms with E-state index in [2.05, 4.69) is 4.98 Å². The number of ether oxygens (including phenoxy) is 1. The van der Waals surface area contributed by atoms with Gasteiger partial charge in [0.15, 0.2) is 0 Å². The maximum absolute atomic E-state index is 12.6. The van der Waals surface area contributed by atoms with Crippen molar-refractivity contribution in [1.82, 2.24) is 9.88 Å². The number of rotatable bonds is 3. The highest BCUT2D eigenvalue weighted by molar-refractivity contribution is 5.79. The van der Waals surface area contributed by atoms with Crippen LogP contribution in [0.3, 0.4) is 0 Å². The lowest BCUT2D eigenvalue weighted by atomic mass is 9.84. The summed E-state index contributed by atoms with van der Waals surface area (Å²) in [6.07, 6.45) is -0.0197. The van der Waals surface area contributed by atoms with E-state index in [9.17, 15) is 18.0 Å². The van der Waals surface area contributed by atoms with Crippen molar-refractivity contribution in [1.29, 1.82) is 0 Å². The van der Waals surface area contributed by atoms with Crippen molar-refractivity contribution in [2.45, 2.75) is 38.0 Å². The Morgan fingerprint density at radius 3 is 2.73 bits per heavy atom. The van der Waals surface area contributed by atoms with Crippen LogP contribution in [0.2, 0.25) is 0 Å². The average molecular weight is 314 g/mol. The Balaban J connectivity index is 1.59. The van der Waals surface area contributed by atoms with E-state index in [0.29, 0.717) is 19.5 Å². The van der Waals surface area contributed by atoms with E-state index in [-0.39, 0.29) is 23.8 Å². The second-order valence-corrected chi connectivity index (χ2v) is 5.82. The van der Waals surface area contributed by atoms with Crippen molar-refractivity contribution >= 4 is 5.91 Å². The predicted molar refractivity (Wildman–Crippen MR) is 72.2 cm³/mol. The Morgan fingerprint density at radius 2 is 2.09 bits per heavy atom. The maximum Gasteiger partial charge on any atom is 0.416 e. The van der Waals surface area contributed by atoms with E-state index >= 15 is 0 Å². The number of hydrogen-bond donors (Lipinski definition) is 0. The molecule has 0 radical (unpaired) electrons. The lowest BCUT2D eigenvalue weighted by Crippen LogP contribution is -2.38. The van der Waals surface area contributed by atoms with Crippen LogP contribution in [0, 0.1) is 5.92 Å². The van der Waals surface area contributed by atoms with Gasteiger partial charge in [0.25, 0.3) is 0 Å². The number of carbonyl (C=O) groups excluding carboxylic acids is 1. The Morgan fingerprint density at radius 1 is 1.32 bits per heavy atom. The van der Waals surface area contributed by atoms with Crippen LogP contribution in [0.4, 0.5) is 13.2 Å².